The van der Waals surface area contributed by atoms with E-state index in [-0.39, 0.29) is 5.91 Å². The third-order valence-corrected chi connectivity index (χ3v) is 6.64. The Balaban J connectivity index is 0.000000448. The molecule has 1 saturated carbocycles. The summed E-state index contributed by atoms with van der Waals surface area (Å²) in [4.78, 5) is 33.4. The van der Waals surface area contributed by atoms with Crippen LogP contribution in [0, 0.1) is 19.8 Å². The molecule has 2 aliphatic rings. The lowest BCUT2D eigenvalue weighted by atomic mass is 10.1. The molecule has 0 spiro atoms. The number of alkyl halides is 3. The predicted molar refractivity (Wildman–Crippen MR) is 139 cm³/mol. The zero-order valence-corrected chi connectivity index (χ0v) is 21.7. The quantitative estimate of drug-likeness (QED) is 0.462. The molecule has 208 valence electrons. The Labute approximate surface area is 223 Å². The summed E-state index contributed by atoms with van der Waals surface area (Å²) < 4.78 is 39.2. The number of halogens is 3. The van der Waals surface area contributed by atoms with Crippen LogP contribution in [-0.4, -0.2) is 64.0 Å². The number of hydrogen-bond donors (Lipinski definition) is 2. The Morgan fingerprint density at radius 2 is 1.74 bits per heavy atom. The van der Waals surface area contributed by atoms with Crippen LogP contribution in [0.3, 0.4) is 0 Å². The van der Waals surface area contributed by atoms with Crippen LogP contribution in [0.1, 0.15) is 34.5 Å². The number of morpholine rings is 1. The Morgan fingerprint density at radius 1 is 1.10 bits per heavy atom. The van der Waals surface area contributed by atoms with Crippen LogP contribution in [0.25, 0.3) is 11.1 Å². The minimum Gasteiger partial charge on any atom is -0.475 e. The first-order valence-electron chi connectivity index (χ1n) is 12.6. The number of rotatable bonds is 6. The van der Waals surface area contributed by atoms with Crippen LogP contribution in [0.2, 0.25) is 0 Å². The van der Waals surface area contributed by atoms with Crippen molar-refractivity contribution in [3.63, 3.8) is 0 Å². The van der Waals surface area contributed by atoms with E-state index < -0.39 is 12.1 Å². The van der Waals surface area contributed by atoms with Crippen LogP contribution in [0.5, 0.6) is 0 Å². The lowest BCUT2D eigenvalue weighted by Crippen LogP contribution is -2.37. The summed E-state index contributed by atoms with van der Waals surface area (Å²) in [6.45, 7) is 7.97. The first kappa shape index (κ1) is 28.1. The molecule has 0 radical (unpaired) electrons. The number of anilines is 2. The number of carbonyl (C=O) groups excluding carboxylic acids is 1. The van der Waals surface area contributed by atoms with Gasteiger partial charge in [-0.15, -0.1) is 0 Å². The van der Waals surface area contributed by atoms with Gasteiger partial charge in [0.25, 0.3) is 5.91 Å². The van der Waals surface area contributed by atoms with Crippen molar-refractivity contribution < 1.29 is 32.6 Å². The molecule has 9 nitrogen and oxygen atoms in total. The summed E-state index contributed by atoms with van der Waals surface area (Å²) in [5.74, 6) is -1.46. The van der Waals surface area contributed by atoms with Crippen molar-refractivity contribution in [1.82, 2.24) is 14.5 Å². The van der Waals surface area contributed by atoms with E-state index in [2.05, 4.69) is 43.9 Å². The van der Waals surface area contributed by atoms with Crippen molar-refractivity contribution in [2.24, 2.45) is 5.92 Å². The third-order valence-electron chi connectivity index (χ3n) is 6.64. The SMILES string of the molecule is Cc1cccc(NC(=O)c2cc(-c3cnc(N4CCOCC4)nc3)cn2CC2CC2)c1C.O=C(O)C(F)(F)F. The van der Waals surface area contributed by atoms with Crippen molar-refractivity contribution in [1.29, 1.82) is 0 Å². The summed E-state index contributed by atoms with van der Waals surface area (Å²) in [7, 11) is 0. The van der Waals surface area contributed by atoms with Crippen molar-refractivity contribution in [3.05, 3.63) is 59.7 Å². The van der Waals surface area contributed by atoms with Gasteiger partial charge in [0.1, 0.15) is 5.69 Å². The second kappa shape index (κ2) is 11.9. The molecule has 2 N–H and O–H groups in total. The maximum absolute atomic E-state index is 13.2. The number of carbonyl (C=O) groups is 2. The minimum atomic E-state index is -5.08. The molecule has 0 atom stereocenters. The summed E-state index contributed by atoms with van der Waals surface area (Å²) in [6.07, 6.45) is 3.12. The van der Waals surface area contributed by atoms with Crippen molar-refractivity contribution in [2.75, 3.05) is 36.5 Å². The fraction of sp³-hybridized carbons (Fsp3) is 0.407. The van der Waals surface area contributed by atoms with Gasteiger partial charge in [-0.1, -0.05) is 12.1 Å². The lowest BCUT2D eigenvalue weighted by molar-refractivity contribution is -0.192. The van der Waals surface area contributed by atoms with Crippen LogP contribution in [-0.2, 0) is 16.1 Å². The van der Waals surface area contributed by atoms with Gasteiger partial charge in [0.05, 0.1) is 13.2 Å². The average Bonchev–Trinajstić information content (AvgIpc) is 3.63. The molecule has 3 heterocycles. The third kappa shape index (κ3) is 7.34. The molecule has 12 heteroatoms. The van der Waals surface area contributed by atoms with Crippen LogP contribution in [0.4, 0.5) is 24.8 Å². The maximum atomic E-state index is 13.2. The predicted octanol–water partition coefficient (Wildman–Crippen LogP) is 4.69. The fourth-order valence-electron chi connectivity index (χ4n) is 4.06. The van der Waals surface area contributed by atoms with Gasteiger partial charge >= 0.3 is 12.1 Å². The van der Waals surface area contributed by atoms with E-state index in [1.54, 1.807) is 0 Å². The molecule has 1 saturated heterocycles. The molecule has 0 unspecified atom stereocenters. The number of aromatic nitrogens is 3. The van der Waals surface area contributed by atoms with E-state index in [4.69, 9.17) is 14.6 Å². The van der Waals surface area contributed by atoms with Crippen LogP contribution in [0.15, 0.2) is 42.9 Å². The van der Waals surface area contributed by atoms with Crippen LogP contribution >= 0.6 is 0 Å². The first-order chi connectivity index (χ1) is 18.5. The number of nitrogens with zero attached hydrogens (tertiary/aromatic N) is 4. The molecular formula is C27H30F3N5O4. The molecule has 2 aromatic heterocycles. The lowest BCUT2D eigenvalue weighted by Gasteiger charge is -2.26. The second-order valence-electron chi connectivity index (χ2n) is 9.59. The first-order valence-corrected chi connectivity index (χ1v) is 12.6. The Morgan fingerprint density at radius 3 is 2.33 bits per heavy atom. The van der Waals surface area contributed by atoms with E-state index in [1.807, 2.05) is 37.5 Å². The number of aliphatic carboxylic acids is 1. The second-order valence-corrected chi connectivity index (χ2v) is 9.59. The molecular weight excluding hydrogens is 515 g/mol. The molecule has 1 aliphatic carbocycles. The van der Waals surface area contributed by atoms with Crippen molar-refractivity contribution in [3.8, 4) is 11.1 Å². The molecule has 3 aromatic rings. The largest absolute Gasteiger partial charge is 0.490 e. The highest BCUT2D eigenvalue weighted by atomic mass is 19.4. The highest BCUT2D eigenvalue weighted by Gasteiger charge is 2.38. The number of benzene rings is 1. The number of ether oxygens (including phenoxy) is 1. The van der Waals surface area contributed by atoms with Gasteiger partial charge in [-0.2, -0.15) is 13.2 Å². The zero-order chi connectivity index (χ0) is 28.2. The fourth-order valence-corrected chi connectivity index (χ4v) is 4.06. The van der Waals surface area contributed by atoms with Crippen LogP contribution < -0.4 is 10.2 Å². The van der Waals surface area contributed by atoms with Crippen molar-refractivity contribution >= 4 is 23.5 Å². The Kier molecular flexibility index (Phi) is 8.54. The minimum absolute atomic E-state index is 0.0866. The summed E-state index contributed by atoms with van der Waals surface area (Å²) in [6, 6.07) is 7.93. The number of carboxylic acids is 1. The van der Waals surface area contributed by atoms with Gasteiger partial charge in [-0.25, -0.2) is 14.8 Å². The van der Waals surface area contributed by atoms with E-state index >= 15 is 0 Å². The van der Waals surface area contributed by atoms with Gasteiger partial charge < -0.3 is 24.6 Å². The number of amides is 1. The molecule has 2 fully saturated rings. The van der Waals surface area contributed by atoms with Gasteiger partial charge in [0.2, 0.25) is 5.95 Å². The number of hydrogen-bond acceptors (Lipinski definition) is 6. The van der Waals surface area contributed by atoms with E-state index in [1.165, 1.54) is 12.8 Å². The highest BCUT2D eigenvalue weighted by Crippen LogP contribution is 2.33. The smallest absolute Gasteiger partial charge is 0.475 e. The van der Waals surface area contributed by atoms with Crippen molar-refractivity contribution in [2.45, 2.75) is 39.4 Å². The number of aryl methyl sites for hydroxylation is 1. The van der Waals surface area contributed by atoms with Gasteiger partial charge in [-0.3, -0.25) is 4.79 Å². The molecule has 0 bridgehead atoms. The zero-order valence-electron chi connectivity index (χ0n) is 21.7. The highest BCUT2D eigenvalue weighted by molar-refractivity contribution is 6.04. The topological polar surface area (TPSA) is 110 Å². The van der Waals surface area contributed by atoms with E-state index in [9.17, 15) is 18.0 Å². The molecule has 1 amide bonds. The standard InChI is InChI=1S/C25H29N5O2.C2HF3O2/c1-17-4-3-5-22(18(17)2)28-24(31)23-12-20(16-30(23)15-19-6-7-19)21-13-26-25(27-14-21)29-8-10-32-11-9-29;3-2(4,5)1(6)7/h3-5,12-14,16,19H,6-11,15H2,1-2H3,(H,28,31);(H,6,7). The summed E-state index contributed by atoms with van der Waals surface area (Å²) in [5.41, 5.74) is 5.66. The molecule has 39 heavy (non-hydrogen) atoms. The van der Waals surface area contributed by atoms with E-state index in [0.717, 1.165) is 53.5 Å². The molecule has 1 aromatic carbocycles. The Hall–Kier alpha value is -3.93. The normalized spacial score (nSPS) is 15.4. The Bertz CT molecular complexity index is 1310. The van der Waals surface area contributed by atoms with Gasteiger partial charge in [0, 0.05) is 55.0 Å². The monoisotopic (exact) mass is 545 g/mol. The van der Waals surface area contributed by atoms with E-state index in [0.29, 0.717) is 24.8 Å². The average molecular weight is 546 g/mol. The number of nitrogens with one attached hydrogen (secondary N) is 1. The summed E-state index contributed by atoms with van der Waals surface area (Å²) in [5, 5.41) is 10.2. The molecule has 5 rings (SSSR count). The van der Waals surface area contributed by atoms with Gasteiger partial charge in [-0.05, 0) is 55.9 Å². The maximum Gasteiger partial charge on any atom is 0.490 e. The summed E-state index contributed by atoms with van der Waals surface area (Å²) >= 11 is 0. The van der Waals surface area contributed by atoms with Gasteiger partial charge in [0.15, 0.2) is 0 Å². The number of carboxylic acid groups (broad SMARTS) is 1. The molecule has 1 aliphatic heterocycles.